The number of rotatable bonds is 3. The summed E-state index contributed by atoms with van der Waals surface area (Å²) in [7, 11) is 0. The summed E-state index contributed by atoms with van der Waals surface area (Å²) in [5.41, 5.74) is 2.26. The molecule has 1 amide bonds. The molecule has 1 fully saturated rings. The van der Waals surface area contributed by atoms with Gasteiger partial charge in [-0.3, -0.25) is 9.78 Å². The smallest absolute Gasteiger partial charge is 0.254 e. The summed E-state index contributed by atoms with van der Waals surface area (Å²) in [4.78, 5) is 21.0. The lowest BCUT2D eigenvalue weighted by Crippen LogP contribution is -2.49. The average molecular weight is 424 g/mol. The third kappa shape index (κ3) is 3.98. The molecule has 0 bridgehead atoms. The molecular formula is C20H18BrN5O. The lowest BCUT2D eigenvalue weighted by Gasteiger charge is -2.35. The van der Waals surface area contributed by atoms with Crippen LogP contribution in [0.15, 0.2) is 65.3 Å². The fraction of sp³-hybridized carbons (Fsp3) is 0.200. The van der Waals surface area contributed by atoms with Crippen molar-refractivity contribution in [1.82, 2.24) is 20.1 Å². The van der Waals surface area contributed by atoms with E-state index < -0.39 is 0 Å². The lowest BCUT2D eigenvalue weighted by atomic mass is 10.2. The topological polar surface area (TPSA) is 62.2 Å². The van der Waals surface area contributed by atoms with E-state index in [1.54, 1.807) is 6.20 Å². The molecule has 0 aliphatic carbocycles. The minimum absolute atomic E-state index is 0.0625. The van der Waals surface area contributed by atoms with Crippen LogP contribution < -0.4 is 4.90 Å². The number of hydrogen-bond acceptors (Lipinski definition) is 5. The van der Waals surface area contributed by atoms with Gasteiger partial charge in [-0.2, -0.15) is 0 Å². The molecule has 1 aromatic carbocycles. The molecule has 0 saturated carbocycles. The van der Waals surface area contributed by atoms with E-state index in [-0.39, 0.29) is 5.91 Å². The fourth-order valence-corrected chi connectivity index (χ4v) is 3.49. The Bertz CT molecular complexity index is 925. The van der Waals surface area contributed by atoms with E-state index in [9.17, 15) is 4.79 Å². The number of carbonyl (C=O) groups excluding carboxylic acids is 1. The number of piperazine rings is 1. The van der Waals surface area contributed by atoms with Crippen LogP contribution in [0.4, 0.5) is 5.82 Å². The van der Waals surface area contributed by atoms with E-state index >= 15 is 0 Å². The molecule has 27 heavy (non-hydrogen) atoms. The molecule has 4 rings (SSSR count). The largest absolute Gasteiger partial charge is 0.352 e. The third-order valence-corrected chi connectivity index (χ3v) is 5.03. The van der Waals surface area contributed by atoms with Gasteiger partial charge in [-0.1, -0.05) is 28.1 Å². The van der Waals surface area contributed by atoms with Gasteiger partial charge in [0.1, 0.15) is 5.69 Å². The predicted molar refractivity (Wildman–Crippen MR) is 108 cm³/mol. The van der Waals surface area contributed by atoms with Gasteiger partial charge in [0.05, 0.1) is 5.69 Å². The maximum Gasteiger partial charge on any atom is 0.254 e. The van der Waals surface area contributed by atoms with Gasteiger partial charge in [-0.15, -0.1) is 10.2 Å². The number of benzene rings is 1. The number of hydrogen-bond donors (Lipinski definition) is 0. The zero-order chi connectivity index (χ0) is 18.6. The second-order valence-electron chi connectivity index (χ2n) is 6.28. The van der Waals surface area contributed by atoms with Crippen molar-refractivity contribution in [2.24, 2.45) is 0 Å². The lowest BCUT2D eigenvalue weighted by molar-refractivity contribution is 0.0746. The molecule has 136 valence electrons. The quantitative estimate of drug-likeness (QED) is 0.646. The summed E-state index contributed by atoms with van der Waals surface area (Å²) in [5, 5.41) is 8.64. The molecule has 3 heterocycles. The van der Waals surface area contributed by atoms with Gasteiger partial charge in [-0.25, -0.2) is 0 Å². The van der Waals surface area contributed by atoms with Crippen molar-refractivity contribution in [3.8, 4) is 11.4 Å². The third-order valence-electron chi connectivity index (χ3n) is 4.54. The van der Waals surface area contributed by atoms with Crippen LogP contribution in [0.2, 0.25) is 0 Å². The van der Waals surface area contributed by atoms with Crippen LogP contribution in [0.5, 0.6) is 0 Å². The molecule has 0 radical (unpaired) electrons. The van der Waals surface area contributed by atoms with Crippen molar-refractivity contribution < 1.29 is 4.79 Å². The predicted octanol–water partition coefficient (Wildman–Crippen LogP) is 3.26. The van der Waals surface area contributed by atoms with Crippen molar-refractivity contribution in [2.45, 2.75) is 0 Å². The first-order valence-electron chi connectivity index (χ1n) is 8.75. The summed E-state index contributed by atoms with van der Waals surface area (Å²) < 4.78 is 0.912. The van der Waals surface area contributed by atoms with E-state index in [2.05, 4.69) is 36.0 Å². The molecule has 0 atom stereocenters. The monoisotopic (exact) mass is 423 g/mol. The Hall–Kier alpha value is -2.80. The molecule has 1 saturated heterocycles. The number of aromatic nitrogens is 3. The van der Waals surface area contributed by atoms with Crippen LogP contribution in [0.3, 0.4) is 0 Å². The molecule has 6 nitrogen and oxygen atoms in total. The molecule has 0 spiro atoms. The molecular weight excluding hydrogens is 406 g/mol. The van der Waals surface area contributed by atoms with Gasteiger partial charge in [0.2, 0.25) is 0 Å². The molecule has 1 aliphatic rings. The maximum atomic E-state index is 12.6. The van der Waals surface area contributed by atoms with Gasteiger partial charge < -0.3 is 9.80 Å². The first kappa shape index (κ1) is 17.6. The Morgan fingerprint density at radius 1 is 0.889 bits per heavy atom. The van der Waals surface area contributed by atoms with Gasteiger partial charge in [-0.05, 0) is 42.5 Å². The summed E-state index contributed by atoms with van der Waals surface area (Å²) in [6, 6.07) is 17.1. The highest BCUT2D eigenvalue weighted by Gasteiger charge is 2.23. The van der Waals surface area contributed by atoms with Gasteiger partial charge in [0.15, 0.2) is 5.82 Å². The number of nitrogens with zero attached hydrogens (tertiary/aromatic N) is 5. The molecule has 0 N–H and O–H groups in total. The first-order valence-corrected chi connectivity index (χ1v) is 9.55. The van der Waals surface area contributed by atoms with Crippen LogP contribution in [0.25, 0.3) is 11.4 Å². The van der Waals surface area contributed by atoms with Gasteiger partial charge >= 0.3 is 0 Å². The summed E-state index contributed by atoms with van der Waals surface area (Å²) in [5.74, 6) is 0.886. The molecule has 3 aromatic rings. The van der Waals surface area contributed by atoms with Crippen molar-refractivity contribution in [1.29, 1.82) is 0 Å². The van der Waals surface area contributed by atoms with E-state index in [0.29, 0.717) is 18.7 Å². The molecule has 2 aromatic heterocycles. The number of carbonyl (C=O) groups is 1. The van der Waals surface area contributed by atoms with Crippen LogP contribution in [-0.4, -0.2) is 52.2 Å². The summed E-state index contributed by atoms with van der Waals surface area (Å²) in [6.45, 7) is 2.79. The van der Waals surface area contributed by atoms with Gasteiger partial charge in [0.25, 0.3) is 5.91 Å². The summed E-state index contributed by atoms with van der Waals surface area (Å²) >= 11 is 3.42. The van der Waals surface area contributed by atoms with E-state index in [0.717, 1.165) is 34.8 Å². The standard InChI is InChI=1S/C20H18BrN5O/c21-16-5-3-4-15(14-16)20(27)26-12-10-25(11-13-26)19-8-7-18(23-24-19)17-6-1-2-9-22-17/h1-9,14H,10-13H2. The first-order chi connectivity index (χ1) is 13.2. The van der Waals surface area contributed by atoms with E-state index in [1.165, 1.54) is 0 Å². The SMILES string of the molecule is O=C(c1cccc(Br)c1)N1CCN(c2ccc(-c3ccccn3)nn2)CC1. The molecule has 1 aliphatic heterocycles. The Morgan fingerprint density at radius 2 is 1.74 bits per heavy atom. The Balaban J connectivity index is 1.40. The van der Waals surface area contributed by atoms with Crippen molar-refractivity contribution >= 4 is 27.7 Å². The second-order valence-corrected chi connectivity index (χ2v) is 7.20. The maximum absolute atomic E-state index is 12.6. The highest BCUT2D eigenvalue weighted by molar-refractivity contribution is 9.10. The Morgan fingerprint density at radius 3 is 2.41 bits per heavy atom. The van der Waals surface area contributed by atoms with Gasteiger partial charge in [0, 0.05) is 42.4 Å². The van der Waals surface area contributed by atoms with Crippen LogP contribution in [-0.2, 0) is 0 Å². The van der Waals surface area contributed by atoms with Crippen LogP contribution in [0, 0.1) is 0 Å². The van der Waals surface area contributed by atoms with Crippen molar-refractivity contribution in [3.05, 3.63) is 70.8 Å². The number of halogens is 1. The van der Waals surface area contributed by atoms with Crippen LogP contribution >= 0.6 is 15.9 Å². The fourth-order valence-electron chi connectivity index (χ4n) is 3.09. The molecule has 7 heteroatoms. The zero-order valence-corrected chi connectivity index (χ0v) is 16.2. The highest BCUT2D eigenvalue weighted by Crippen LogP contribution is 2.19. The van der Waals surface area contributed by atoms with E-state index in [1.807, 2.05) is 59.5 Å². The van der Waals surface area contributed by atoms with Crippen molar-refractivity contribution in [3.63, 3.8) is 0 Å². The minimum Gasteiger partial charge on any atom is -0.352 e. The minimum atomic E-state index is 0.0625. The van der Waals surface area contributed by atoms with Crippen LogP contribution in [0.1, 0.15) is 10.4 Å². The summed E-state index contributed by atoms with van der Waals surface area (Å²) in [6.07, 6.45) is 1.74. The normalized spacial score (nSPS) is 14.3. The number of pyridine rings is 1. The average Bonchev–Trinajstić information content (AvgIpc) is 2.74. The molecule has 0 unspecified atom stereocenters. The zero-order valence-electron chi connectivity index (χ0n) is 14.6. The number of amides is 1. The Kier molecular flexibility index (Phi) is 5.11. The second kappa shape index (κ2) is 7.84. The van der Waals surface area contributed by atoms with E-state index in [4.69, 9.17) is 0 Å². The van der Waals surface area contributed by atoms with Crippen molar-refractivity contribution in [2.75, 3.05) is 31.1 Å². The Labute approximate surface area is 166 Å². The number of anilines is 1. The highest BCUT2D eigenvalue weighted by atomic mass is 79.9.